The fourth-order valence-electron chi connectivity index (χ4n) is 4.56. The Morgan fingerprint density at radius 1 is 1.23 bits per heavy atom. The standard InChI is InChI=1S/C22H33N5O2.2ClH/c1-15-2-5-19-20(12-15)26-21(25-19)6-9-24-22(28)16-3-4-17(23)14-27(13-16)18-7-10-29-11-8-18;;/h2,5,12,16-18H,3-4,6-11,13-14,23H2,1H3,(H,24,28)(H,25,26);2*1H/t16-,17+;;/m1../s1. The van der Waals surface area contributed by atoms with Gasteiger partial charge in [0.2, 0.25) is 5.91 Å². The number of halogens is 2. The number of hydrogen-bond donors (Lipinski definition) is 3. The molecule has 2 aliphatic rings. The first-order valence-electron chi connectivity index (χ1n) is 10.9. The smallest absolute Gasteiger partial charge is 0.224 e. The number of aromatic amines is 1. The first kappa shape index (κ1) is 25.9. The van der Waals surface area contributed by atoms with Crippen molar-refractivity contribution in [3.05, 3.63) is 29.6 Å². The average molecular weight is 472 g/mol. The van der Waals surface area contributed by atoms with Crippen LogP contribution in [0.5, 0.6) is 0 Å². The second kappa shape index (κ2) is 12.0. The Labute approximate surface area is 196 Å². The molecule has 2 aromatic rings. The van der Waals surface area contributed by atoms with Gasteiger partial charge in [-0.3, -0.25) is 9.69 Å². The van der Waals surface area contributed by atoms with Gasteiger partial charge in [0.1, 0.15) is 5.82 Å². The SMILES string of the molecule is Cc1ccc2nc(CCNC(=O)[C@@H]3CC[C@H](N)CN(C4CCOCC4)C3)[nH]c2c1.Cl.Cl. The van der Waals surface area contributed by atoms with E-state index in [-0.39, 0.29) is 42.7 Å². The Morgan fingerprint density at radius 2 is 2.00 bits per heavy atom. The van der Waals surface area contributed by atoms with Gasteiger partial charge in [0.15, 0.2) is 0 Å². The maximum absolute atomic E-state index is 12.9. The molecule has 0 radical (unpaired) electrons. The van der Waals surface area contributed by atoms with Gasteiger partial charge >= 0.3 is 0 Å². The van der Waals surface area contributed by atoms with Crippen molar-refractivity contribution in [3.8, 4) is 0 Å². The number of carbonyl (C=O) groups excluding carboxylic acids is 1. The van der Waals surface area contributed by atoms with Crippen LogP contribution in [0.1, 0.15) is 37.1 Å². The summed E-state index contributed by atoms with van der Waals surface area (Å²) in [6.07, 6.45) is 4.53. The van der Waals surface area contributed by atoms with Crippen LogP contribution in [0, 0.1) is 12.8 Å². The molecule has 0 bridgehead atoms. The summed E-state index contributed by atoms with van der Waals surface area (Å²) in [6.45, 7) is 5.97. The summed E-state index contributed by atoms with van der Waals surface area (Å²) in [6, 6.07) is 6.83. The highest BCUT2D eigenvalue weighted by molar-refractivity contribution is 5.85. The molecule has 2 saturated heterocycles. The van der Waals surface area contributed by atoms with E-state index >= 15 is 0 Å². The summed E-state index contributed by atoms with van der Waals surface area (Å²) in [5.41, 5.74) is 9.54. The van der Waals surface area contributed by atoms with Crippen LogP contribution in [0.3, 0.4) is 0 Å². The first-order valence-corrected chi connectivity index (χ1v) is 10.9. The predicted octanol–water partition coefficient (Wildman–Crippen LogP) is 2.59. The van der Waals surface area contributed by atoms with Gasteiger partial charge in [0.05, 0.1) is 17.0 Å². The molecular formula is C22H35Cl2N5O2. The van der Waals surface area contributed by atoms with Crippen molar-refractivity contribution in [2.24, 2.45) is 11.7 Å². The van der Waals surface area contributed by atoms with Crippen LogP contribution in [0.25, 0.3) is 11.0 Å². The molecule has 2 aliphatic heterocycles. The van der Waals surface area contributed by atoms with Crippen LogP contribution in [-0.4, -0.2) is 65.7 Å². The normalized spacial score (nSPS) is 22.9. The minimum absolute atomic E-state index is 0. The first-order chi connectivity index (χ1) is 14.1. The van der Waals surface area contributed by atoms with Gasteiger partial charge in [-0.25, -0.2) is 4.98 Å². The van der Waals surface area contributed by atoms with Crippen LogP contribution < -0.4 is 11.1 Å². The summed E-state index contributed by atoms with van der Waals surface area (Å²) in [4.78, 5) is 23.3. The second-order valence-corrected chi connectivity index (χ2v) is 8.58. The van der Waals surface area contributed by atoms with E-state index in [0.717, 1.165) is 68.8 Å². The molecule has 3 heterocycles. The maximum Gasteiger partial charge on any atom is 0.224 e. The van der Waals surface area contributed by atoms with E-state index in [1.165, 1.54) is 5.56 Å². The number of nitrogens with two attached hydrogens (primary N) is 1. The molecule has 31 heavy (non-hydrogen) atoms. The summed E-state index contributed by atoms with van der Waals surface area (Å²) >= 11 is 0. The van der Waals surface area contributed by atoms with Crippen molar-refractivity contribution in [2.75, 3.05) is 32.8 Å². The summed E-state index contributed by atoms with van der Waals surface area (Å²) in [5.74, 6) is 1.06. The lowest BCUT2D eigenvalue weighted by Gasteiger charge is -2.35. The Hall–Kier alpha value is -1.38. The highest BCUT2D eigenvalue weighted by atomic mass is 35.5. The maximum atomic E-state index is 12.9. The van der Waals surface area contributed by atoms with Crippen molar-refractivity contribution in [1.82, 2.24) is 20.2 Å². The molecule has 1 amide bonds. The topological polar surface area (TPSA) is 96.3 Å². The van der Waals surface area contributed by atoms with Gasteiger partial charge in [0, 0.05) is 51.4 Å². The second-order valence-electron chi connectivity index (χ2n) is 8.58. The van der Waals surface area contributed by atoms with Crippen molar-refractivity contribution < 1.29 is 9.53 Å². The molecule has 9 heteroatoms. The number of benzene rings is 1. The molecule has 4 rings (SSSR count). The van der Waals surface area contributed by atoms with Crippen molar-refractivity contribution >= 4 is 41.8 Å². The van der Waals surface area contributed by atoms with Crippen LogP contribution >= 0.6 is 24.8 Å². The highest BCUT2D eigenvalue weighted by Crippen LogP contribution is 2.22. The van der Waals surface area contributed by atoms with E-state index in [0.29, 0.717) is 19.0 Å². The fourth-order valence-corrected chi connectivity index (χ4v) is 4.56. The number of aryl methyl sites for hydroxylation is 1. The molecule has 0 spiro atoms. The molecule has 4 N–H and O–H groups in total. The lowest BCUT2D eigenvalue weighted by Crippen LogP contribution is -2.47. The zero-order valence-corrected chi connectivity index (χ0v) is 19.8. The van der Waals surface area contributed by atoms with E-state index in [9.17, 15) is 4.79 Å². The number of hydrogen-bond acceptors (Lipinski definition) is 5. The minimum atomic E-state index is 0. The van der Waals surface area contributed by atoms with Gasteiger partial charge in [-0.1, -0.05) is 6.07 Å². The third kappa shape index (κ3) is 6.80. The van der Waals surface area contributed by atoms with Gasteiger partial charge in [0.25, 0.3) is 0 Å². The van der Waals surface area contributed by atoms with E-state index in [1.54, 1.807) is 0 Å². The molecule has 2 atom stereocenters. The van der Waals surface area contributed by atoms with Crippen LogP contribution in [0.15, 0.2) is 18.2 Å². The quantitative estimate of drug-likeness (QED) is 0.622. The number of ether oxygens (including phenoxy) is 1. The third-order valence-electron chi connectivity index (χ3n) is 6.24. The lowest BCUT2D eigenvalue weighted by molar-refractivity contribution is -0.125. The summed E-state index contributed by atoms with van der Waals surface area (Å²) in [7, 11) is 0. The number of nitrogens with zero attached hydrogens (tertiary/aromatic N) is 2. The monoisotopic (exact) mass is 471 g/mol. The van der Waals surface area contributed by atoms with Crippen molar-refractivity contribution in [1.29, 1.82) is 0 Å². The number of aromatic nitrogens is 2. The Morgan fingerprint density at radius 3 is 2.77 bits per heavy atom. The molecular weight excluding hydrogens is 437 g/mol. The molecule has 7 nitrogen and oxygen atoms in total. The summed E-state index contributed by atoms with van der Waals surface area (Å²) in [5, 5.41) is 3.13. The van der Waals surface area contributed by atoms with Gasteiger partial charge in [-0.15, -0.1) is 24.8 Å². The number of imidazole rings is 1. The highest BCUT2D eigenvalue weighted by Gasteiger charge is 2.31. The molecule has 0 saturated carbocycles. The number of H-pyrrole nitrogens is 1. The lowest BCUT2D eigenvalue weighted by atomic mass is 10.0. The molecule has 2 fully saturated rings. The van der Waals surface area contributed by atoms with E-state index in [2.05, 4.69) is 39.2 Å². The summed E-state index contributed by atoms with van der Waals surface area (Å²) < 4.78 is 5.50. The number of nitrogens with one attached hydrogen (secondary N) is 2. The fraction of sp³-hybridized carbons (Fsp3) is 0.636. The van der Waals surface area contributed by atoms with Gasteiger partial charge < -0.3 is 20.8 Å². The van der Waals surface area contributed by atoms with E-state index < -0.39 is 0 Å². The average Bonchev–Trinajstić information content (AvgIpc) is 3.01. The largest absolute Gasteiger partial charge is 0.381 e. The zero-order chi connectivity index (χ0) is 20.2. The number of likely N-dealkylation sites (tertiary alicyclic amines) is 1. The van der Waals surface area contributed by atoms with Crippen LogP contribution in [0.2, 0.25) is 0 Å². The zero-order valence-electron chi connectivity index (χ0n) is 18.1. The number of amides is 1. The molecule has 1 aromatic carbocycles. The minimum Gasteiger partial charge on any atom is -0.381 e. The van der Waals surface area contributed by atoms with Crippen LogP contribution in [0.4, 0.5) is 0 Å². The molecule has 174 valence electrons. The molecule has 1 aromatic heterocycles. The van der Waals surface area contributed by atoms with Crippen LogP contribution in [-0.2, 0) is 16.0 Å². The third-order valence-corrected chi connectivity index (χ3v) is 6.24. The predicted molar refractivity (Wildman–Crippen MR) is 128 cm³/mol. The van der Waals surface area contributed by atoms with Crippen molar-refractivity contribution in [2.45, 2.75) is 51.1 Å². The Bertz CT molecular complexity index is 840. The van der Waals surface area contributed by atoms with E-state index in [4.69, 9.17) is 10.5 Å². The molecule has 0 unspecified atom stereocenters. The Balaban J connectivity index is 0.00000171. The molecule has 0 aliphatic carbocycles. The van der Waals surface area contributed by atoms with Gasteiger partial charge in [-0.05, 0) is 50.3 Å². The number of carbonyl (C=O) groups is 1. The number of rotatable bonds is 5. The van der Waals surface area contributed by atoms with Crippen molar-refractivity contribution in [3.63, 3.8) is 0 Å². The number of fused-ring (bicyclic) bond motifs is 1. The Kier molecular flexibility index (Phi) is 10.0. The van der Waals surface area contributed by atoms with Gasteiger partial charge in [-0.2, -0.15) is 0 Å². The van der Waals surface area contributed by atoms with E-state index in [1.807, 2.05) is 6.07 Å².